The molecule has 1 atom stereocenters. The first-order valence-electron chi connectivity index (χ1n) is 6.74. The number of halogens is 3. The van der Waals surface area contributed by atoms with Gasteiger partial charge in [0.25, 0.3) is 0 Å². The number of nitrogens with zero attached hydrogens (tertiary/aromatic N) is 1. The van der Waals surface area contributed by atoms with E-state index in [2.05, 4.69) is 4.98 Å². The van der Waals surface area contributed by atoms with Gasteiger partial charge in [0, 0.05) is 17.7 Å². The molecule has 1 aliphatic rings. The Hall–Kier alpha value is -1.40. The van der Waals surface area contributed by atoms with Crippen LogP contribution in [-0.2, 0) is 25.4 Å². The van der Waals surface area contributed by atoms with Crippen molar-refractivity contribution in [1.29, 1.82) is 0 Å². The first-order valence-corrected chi connectivity index (χ1v) is 7.56. The summed E-state index contributed by atoms with van der Waals surface area (Å²) in [7, 11) is 0. The van der Waals surface area contributed by atoms with E-state index in [4.69, 9.17) is 0 Å². The van der Waals surface area contributed by atoms with Gasteiger partial charge in [0.15, 0.2) is 0 Å². The van der Waals surface area contributed by atoms with Crippen molar-refractivity contribution in [2.75, 3.05) is 0 Å². The third-order valence-electron chi connectivity index (χ3n) is 3.62. The van der Waals surface area contributed by atoms with Crippen molar-refractivity contribution in [1.82, 2.24) is 4.98 Å². The molecule has 0 saturated heterocycles. The van der Waals surface area contributed by atoms with Crippen molar-refractivity contribution < 1.29 is 18.3 Å². The number of aromatic nitrogens is 1. The molecule has 0 spiro atoms. The zero-order valence-electron chi connectivity index (χ0n) is 11.2. The molecule has 0 saturated carbocycles. The maximum Gasteiger partial charge on any atom is 0.416 e. The largest absolute Gasteiger partial charge is 0.416 e. The molecule has 3 rings (SSSR count). The Kier molecular flexibility index (Phi) is 3.75. The fourth-order valence-corrected chi connectivity index (χ4v) is 3.81. The van der Waals surface area contributed by atoms with Crippen LogP contribution in [0.15, 0.2) is 24.3 Å². The zero-order chi connectivity index (χ0) is 15.0. The standard InChI is InChI=1S/C15H14F3NOS/c16-15(17,18)11-4-2-1-3-9(11)7-14-19-12-6-5-10(20)8-13(12)21-14/h1-4,10,20H,5-8H2. The molecule has 0 amide bonds. The summed E-state index contributed by atoms with van der Waals surface area (Å²) in [6.45, 7) is 0. The van der Waals surface area contributed by atoms with Crippen LogP contribution >= 0.6 is 11.3 Å². The highest BCUT2D eigenvalue weighted by atomic mass is 32.1. The molecular formula is C15H14F3NOS. The molecule has 0 radical (unpaired) electrons. The molecule has 2 aromatic rings. The minimum absolute atomic E-state index is 0.184. The number of rotatable bonds is 2. The zero-order valence-corrected chi connectivity index (χ0v) is 12.0. The molecular weight excluding hydrogens is 299 g/mol. The van der Waals surface area contributed by atoms with E-state index in [0.717, 1.165) is 16.6 Å². The molecule has 1 N–H and O–H groups in total. The summed E-state index contributed by atoms with van der Waals surface area (Å²) < 4.78 is 38.9. The Morgan fingerprint density at radius 2 is 2.05 bits per heavy atom. The van der Waals surface area contributed by atoms with E-state index >= 15 is 0 Å². The quantitative estimate of drug-likeness (QED) is 0.919. The van der Waals surface area contributed by atoms with E-state index in [-0.39, 0.29) is 18.1 Å². The Morgan fingerprint density at radius 1 is 1.29 bits per heavy atom. The fourth-order valence-electron chi connectivity index (χ4n) is 2.60. The number of hydrogen-bond acceptors (Lipinski definition) is 3. The van der Waals surface area contributed by atoms with Gasteiger partial charge in [0.1, 0.15) is 0 Å². The number of thiazole rings is 1. The number of aliphatic hydroxyl groups excluding tert-OH is 1. The van der Waals surface area contributed by atoms with E-state index in [0.29, 0.717) is 24.3 Å². The van der Waals surface area contributed by atoms with Crippen LogP contribution in [0.1, 0.15) is 33.1 Å². The Labute approximate surface area is 124 Å². The summed E-state index contributed by atoms with van der Waals surface area (Å²) in [5.74, 6) is 0. The first kappa shape index (κ1) is 14.5. The van der Waals surface area contributed by atoms with Crippen molar-refractivity contribution in [3.63, 3.8) is 0 Å². The normalized spacial score (nSPS) is 18.6. The van der Waals surface area contributed by atoms with Gasteiger partial charge in [-0.1, -0.05) is 18.2 Å². The van der Waals surface area contributed by atoms with Gasteiger partial charge < -0.3 is 5.11 Å². The number of fused-ring (bicyclic) bond motifs is 1. The second-order valence-electron chi connectivity index (χ2n) is 5.21. The van der Waals surface area contributed by atoms with E-state index < -0.39 is 11.7 Å². The lowest BCUT2D eigenvalue weighted by molar-refractivity contribution is -0.138. The van der Waals surface area contributed by atoms with Gasteiger partial charge in [0.2, 0.25) is 0 Å². The summed E-state index contributed by atoms with van der Waals surface area (Å²) in [4.78, 5) is 5.45. The molecule has 1 aliphatic carbocycles. The van der Waals surface area contributed by atoms with Gasteiger partial charge in [-0.05, 0) is 24.5 Å². The van der Waals surface area contributed by atoms with Crippen molar-refractivity contribution in [3.05, 3.63) is 51.0 Å². The van der Waals surface area contributed by atoms with Crippen molar-refractivity contribution in [2.24, 2.45) is 0 Å². The number of aliphatic hydroxyl groups is 1. The van der Waals surface area contributed by atoms with Gasteiger partial charge in [0.05, 0.1) is 22.4 Å². The van der Waals surface area contributed by atoms with Crippen LogP contribution in [0.5, 0.6) is 0 Å². The SMILES string of the molecule is OC1CCc2nc(Cc3ccccc3C(F)(F)F)sc2C1. The molecule has 0 aliphatic heterocycles. The molecule has 21 heavy (non-hydrogen) atoms. The average Bonchev–Trinajstić information content (AvgIpc) is 2.79. The lowest BCUT2D eigenvalue weighted by Gasteiger charge is -2.14. The summed E-state index contributed by atoms with van der Waals surface area (Å²) >= 11 is 1.41. The van der Waals surface area contributed by atoms with Crippen molar-refractivity contribution >= 4 is 11.3 Å². The number of alkyl halides is 3. The second kappa shape index (κ2) is 5.42. The number of aryl methyl sites for hydroxylation is 1. The number of benzene rings is 1. The van der Waals surface area contributed by atoms with Crippen LogP contribution in [0.2, 0.25) is 0 Å². The lowest BCUT2D eigenvalue weighted by Crippen LogP contribution is -2.17. The maximum atomic E-state index is 13.0. The average molecular weight is 313 g/mol. The number of hydrogen-bond donors (Lipinski definition) is 1. The van der Waals surface area contributed by atoms with Gasteiger partial charge in [-0.2, -0.15) is 13.2 Å². The summed E-state index contributed by atoms with van der Waals surface area (Å²) in [6.07, 6.45) is -2.57. The molecule has 1 heterocycles. The highest BCUT2D eigenvalue weighted by Gasteiger charge is 2.33. The molecule has 0 bridgehead atoms. The topological polar surface area (TPSA) is 33.1 Å². The van der Waals surface area contributed by atoms with Crippen LogP contribution in [0.4, 0.5) is 13.2 Å². The first-order chi connectivity index (χ1) is 9.93. The predicted octanol–water partition coefficient (Wildman–Crippen LogP) is 3.60. The molecule has 1 unspecified atom stereocenters. The van der Waals surface area contributed by atoms with Crippen molar-refractivity contribution in [3.8, 4) is 0 Å². The molecule has 0 fully saturated rings. The van der Waals surface area contributed by atoms with Crippen LogP contribution in [0.3, 0.4) is 0 Å². The van der Waals surface area contributed by atoms with Crippen LogP contribution in [0, 0.1) is 0 Å². The fraction of sp³-hybridized carbons (Fsp3) is 0.400. The minimum Gasteiger partial charge on any atom is -0.393 e. The Bertz CT molecular complexity index is 651. The van der Waals surface area contributed by atoms with Gasteiger partial charge >= 0.3 is 6.18 Å². The van der Waals surface area contributed by atoms with Gasteiger partial charge in [-0.3, -0.25) is 0 Å². The van der Waals surface area contributed by atoms with E-state index in [1.165, 1.54) is 23.5 Å². The molecule has 112 valence electrons. The molecule has 1 aromatic carbocycles. The second-order valence-corrected chi connectivity index (χ2v) is 6.37. The highest BCUT2D eigenvalue weighted by molar-refractivity contribution is 7.11. The van der Waals surface area contributed by atoms with E-state index in [1.807, 2.05) is 0 Å². The van der Waals surface area contributed by atoms with Gasteiger partial charge in [-0.15, -0.1) is 11.3 Å². The third-order valence-corrected chi connectivity index (χ3v) is 4.74. The van der Waals surface area contributed by atoms with E-state index in [1.54, 1.807) is 6.07 Å². The Balaban J connectivity index is 1.88. The molecule has 1 aromatic heterocycles. The monoisotopic (exact) mass is 313 g/mol. The Morgan fingerprint density at radius 3 is 2.81 bits per heavy atom. The molecule has 6 heteroatoms. The van der Waals surface area contributed by atoms with Crippen LogP contribution in [0.25, 0.3) is 0 Å². The summed E-state index contributed by atoms with van der Waals surface area (Å²) in [6, 6.07) is 5.61. The van der Waals surface area contributed by atoms with E-state index in [9.17, 15) is 18.3 Å². The lowest BCUT2D eigenvalue weighted by atomic mass is 10.0. The highest BCUT2D eigenvalue weighted by Crippen LogP contribution is 2.34. The van der Waals surface area contributed by atoms with Crippen molar-refractivity contribution in [2.45, 2.75) is 38.0 Å². The molecule has 2 nitrogen and oxygen atoms in total. The third kappa shape index (κ3) is 3.11. The minimum atomic E-state index is -4.34. The summed E-state index contributed by atoms with van der Waals surface area (Å²) in [5, 5.41) is 10.3. The smallest absolute Gasteiger partial charge is 0.393 e. The van der Waals surface area contributed by atoms with Crippen LogP contribution in [-0.4, -0.2) is 16.2 Å². The van der Waals surface area contributed by atoms with Crippen LogP contribution < -0.4 is 0 Å². The maximum absolute atomic E-state index is 13.0. The summed E-state index contributed by atoms with van der Waals surface area (Å²) in [5.41, 5.74) is 0.583. The predicted molar refractivity (Wildman–Crippen MR) is 74.4 cm³/mol. The van der Waals surface area contributed by atoms with Gasteiger partial charge in [-0.25, -0.2) is 4.98 Å².